The van der Waals surface area contributed by atoms with Crippen LogP contribution in [0.15, 0.2) is 16.6 Å². The van der Waals surface area contributed by atoms with E-state index in [1.165, 1.54) is 0 Å². The average Bonchev–Trinajstić information content (AvgIpc) is 1.96. The van der Waals surface area contributed by atoms with Crippen LogP contribution in [-0.4, -0.2) is 6.29 Å². The van der Waals surface area contributed by atoms with Gasteiger partial charge < -0.3 is 0 Å². The number of halogens is 3. The summed E-state index contributed by atoms with van der Waals surface area (Å²) in [4.78, 5) is 10.4. The van der Waals surface area contributed by atoms with Crippen LogP contribution in [0.2, 0.25) is 5.02 Å². The van der Waals surface area contributed by atoms with Crippen molar-refractivity contribution in [3.05, 3.63) is 30.8 Å². The topological polar surface area (TPSA) is 17.1 Å². The van der Waals surface area contributed by atoms with Gasteiger partial charge >= 0.3 is 0 Å². The second-order valence-electron chi connectivity index (χ2n) is 1.91. The quantitative estimate of drug-likeness (QED) is 0.432. The maximum atomic E-state index is 10.4. The van der Waals surface area contributed by atoms with Gasteiger partial charge in [0.1, 0.15) is 0 Å². The Bertz CT molecular complexity index is 301. The molecule has 1 rings (SSSR count). The lowest BCUT2D eigenvalue weighted by atomic mass is 10.2. The van der Waals surface area contributed by atoms with Gasteiger partial charge in [0.15, 0.2) is 6.29 Å². The van der Waals surface area contributed by atoms with Gasteiger partial charge in [0.2, 0.25) is 0 Å². The first-order chi connectivity index (χ1) is 5.15. The van der Waals surface area contributed by atoms with E-state index in [1.807, 2.05) is 0 Å². The highest BCUT2D eigenvalue weighted by Crippen LogP contribution is 2.25. The molecule has 0 saturated heterocycles. The molecule has 0 spiro atoms. The Kier molecular flexibility index (Phi) is 3.33. The third kappa shape index (κ3) is 2.16. The standard InChI is InChI=1S/C7H3BrClIO/c8-6-2-5(9)1-4(3-11)7(6)10/h1-3H. The summed E-state index contributed by atoms with van der Waals surface area (Å²) in [6.45, 7) is 0. The van der Waals surface area contributed by atoms with E-state index in [9.17, 15) is 4.79 Å². The number of carbonyl (C=O) groups is 1. The molecule has 1 aromatic rings. The molecule has 4 heteroatoms. The predicted octanol–water partition coefficient (Wildman–Crippen LogP) is 3.52. The first-order valence-corrected chi connectivity index (χ1v) is 5.00. The fraction of sp³-hybridized carbons (Fsp3) is 0. The van der Waals surface area contributed by atoms with Gasteiger partial charge in [0, 0.05) is 18.6 Å². The minimum atomic E-state index is 0.569. The average molecular weight is 345 g/mol. The number of hydrogen-bond acceptors (Lipinski definition) is 1. The molecule has 1 nitrogen and oxygen atoms in total. The van der Waals surface area contributed by atoms with Crippen molar-refractivity contribution in [2.75, 3.05) is 0 Å². The van der Waals surface area contributed by atoms with E-state index in [0.717, 1.165) is 14.3 Å². The van der Waals surface area contributed by atoms with E-state index in [-0.39, 0.29) is 0 Å². The molecule has 0 aliphatic rings. The van der Waals surface area contributed by atoms with Crippen molar-refractivity contribution < 1.29 is 4.79 Å². The van der Waals surface area contributed by atoms with Crippen LogP contribution in [0.1, 0.15) is 10.4 Å². The molecule has 0 atom stereocenters. The van der Waals surface area contributed by atoms with E-state index >= 15 is 0 Å². The summed E-state index contributed by atoms with van der Waals surface area (Å²) in [5.74, 6) is 0. The lowest BCUT2D eigenvalue weighted by Crippen LogP contribution is -1.86. The summed E-state index contributed by atoms with van der Waals surface area (Å²) >= 11 is 11.1. The summed E-state index contributed by atoms with van der Waals surface area (Å²) < 4.78 is 1.75. The lowest BCUT2D eigenvalue weighted by molar-refractivity contribution is 0.112. The smallest absolute Gasteiger partial charge is 0.151 e. The Balaban J connectivity index is 3.35. The summed E-state index contributed by atoms with van der Waals surface area (Å²) in [6.07, 6.45) is 0.790. The first-order valence-electron chi connectivity index (χ1n) is 2.75. The molecule has 0 unspecified atom stereocenters. The van der Waals surface area contributed by atoms with E-state index in [0.29, 0.717) is 10.6 Å². The van der Waals surface area contributed by atoms with Gasteiger partial charge in [-0.05, 0) is 50.7 Å². The van der Waals surface area contributed by atoms with E-state index in [4.69, 9.17) is 11.6 Å². The maximum Gasteiger partial charge on any atom is 0.151 e. The minimum Gasteiger partial charge on any atom is -0.298 e. The Labute approximate surface area is 91.4 Å². The second-order valence-corrected chi connectivity index (χ2v) is 4.28. The van der Waals surface area contributed by atoms with Crippen molar-refractivity contribution in [1.82, 2.24) is 0 Å². The van der Waals surface area contributed by atoms with E-state index < -0.39 is 0 Å². The number of rotatable bonds is 1. The Hall–Kier alpha value is 0.390. The first kappa shape index (κ1) is 9.48. The van der Waals surface area contributed by atoms with Gasteiger partial charge in [-0.25, -0.2) is 0 Å². The molecule has 0 radical (unpaired) electrons. The fourth-order valence-corrected chi connectivity index (χ4v) is 1.93. The van der Waals surface area contributed by atoms with Crippen LogP contribution in [0.5, 0.6) is 0 Å². The minimum absolute atomic E-state index is 0.569. The normalized spacial score (nSPS) is 9.73. The number of benzene rings is 1. The zero-order valence-corrected chi connectivity index (χ0v) is 9.77. The van der Waals surface area contributed by atoms with Crippen LogP contribution in [-0.2, 0) is 0 Å². The Morgan fingerprint density at radius 3 is 2.73 bits per heavy atom. The van der Waals surface area contributed by atoms with Crippen LogP contribution in [0.3, 0.4) is 0 Å². The number of carbonyl (C=O) groups excluding carboxylic acids is 1. The van der Waals surface area contributed by atoms with Gasteiger partial charge in [-0.3, -0.25) is 4.79 Å². The van der Waals surface area contributed by atoms with Gasteiger partial charge in [-0.1, -0.05) is 11.6 Å². The summed E-state index contributed by atoms with van der Waals surface area (Å²) in [5, 5.41) is 0.569. The summed E-state index contributed by atoms with van der Waals surface area (Å²) in [7, 11) is 0. The highest BCUT2D eigenvalue weighted by Gasteiger charge is 2.03. The van der Waals surface area contributed by atoms with Crippen LogP contribution >= 0.6 is 50.1 Å². The molecule has 0 bridgehead atoms. The van der Waals surface area contributed by atoms with Crippen molar-refractivity contribution in [1.29, 1.82) is 0 Å². The molecule has 11 heavy (non-hydrogen) atoms. The zero-order valence-electron chi connectivity index (χ0n) is 5.27. The highest BCUT2D eigenvalue weighted by molar-refractivity contribution is 14.1. The molecule has 0 aromatic heterocycles. The third-order valence-corrected chi connectivity index (χ3v) is 3.94. The number of aldehydes is 1. The Morgan fingerprint density at radius 1 is 1.55 bits per heavy atom. The zero-order chi connectivity index (χ0) is 8.43. The molecule has 0 heterocycles. The largest absolute Gasteiger partial charge is 0.298 e. The lowest BCUT2D eigenvalue weighted by Gasteiger charge is -1.99. The second kappa shape index (κ2) is 3.87. The van der Waals surface area contributed by atoms with Crippen LogP contribution in [0, 0.1) is 3.57 Å². The van der Waals surface area contributed by atoms with Crippen LogP contribution in [0.4, 0.5) is 0 Å². The highest BCUT2D eigenvalue weighted by atomic mass is 127. The van der Waals surface area contributed by atoms with Gasteiger partial charge in [0.05, 0.1) is 0 Å². The molecule has 0 fully saturated rings. The van der Waals surface area contributed by atoms with Crippen LogP contribution < -0.4 is 0 Å². The van der Waals surface area contributed by atoms with Crippen LogP contribution in [0.25, 0.3) is 0 Å². The maximum absolute atomic E-state index is 10.4. The summed E-state index contributed by atoms with van der Waals surface area (Å²) in [5.41, 5.74) is 0.616. The SMILES string of the molecule is O=Cc1cc(Cl)cc(Br)c1I. The van der Waals surface area contributed by atoms with Gasteiger partial charge in [0.25, 0.3) is 0 Å². The summed E-state index contributed by atoms with van der Waals surface area (Å²) in [6, 6.07) is 3.40. The molecule has 0 amide bonds. The molecular formula is C7H3BrClIO. The van der Waals surface area contributed by atoms with Gasteiger partial charge in [-0.2, -0.15) is 0 Å². The monoisotopic (exact) mass is 344 g/mol. The molecule has 0 N–H and O–H groups in total. The fourth-order valence-electron chi connectivity index (χ4n) is 0.662. The van der Waals surface area contributed by atoms with Crippen molar-refractivity contribution in [2.24, 2.45) is 0 Å². The molecule has 0 aliphatic heterocycles. The van der Waals surface area contributed by atoms with Gasteiger partial charge in [-0.15, -0.1) is 0 Å². The van der Waals surface area contributed by atoms with Crippen molar-refractivity contribution >= 4 is 56.4 Å². The molecule has 0 aliphatic carbocycles. The van der Waals surface area contributed by atoms with E-state index in [1.54, 1.807) is 12.1 Å². The third-order valence-electron chi connectivity index (χ3n) is 1.15. The molecule has 1 aromatic carbocycles. The van der Waals surface area contributed by atoms with Crippen molar-refractivity contribution in [2.45, 2.75) is 0 Å². The van der Waals surface area contributed by atoms with E-state index in [2.05, 4.69) is 38.5 Å². The van der Waals surface area contributed by atoms with Crippen molar-refractivity contribution in [3.8, 4) is 0 Å². The predicted molar refractivity (Wildman–Crippen MR) is 57.3 cm³/mol. The Morgan fingerprint density at radius 2 is 2.18 bits per heavy atom. The molecule has 58 valence electrons. The van der Waals surface area contributed by atoms with Crippen molar-refractivity contribution in [3.63, 3.8) is 0 Å². The molecule has 0 saturated carbocycles. The molecular weight excluding hydrogens is 342 g/mol. The number of hydrogen-bond donors (Lipinski definition) is 0.